The van der Waals surface area contributed by atoms with Gasteiger partial charge < -0.3 is 15.4 Å². The molecule has 5 N–H and O–H groups in total. The number of urea groups is 1. The van der Waals surface area contributed by atoms with Crippen molar-refractivity contribution < 1.29 is 32.3 Å². The second-order valence-electron chi connectivity index (χ2n) is 6.36. The molecule has 2 aromatic rings. The zero-order valence-electron chi connectivity index (χ0n) is 16.6. The first-order chi connectivity index (χ1) is 14.7. The first-order valence-corrected chi connectivity index (χ1v) is 10.6. The monoisotopic (exact) mass is 454 g/mol. The lowest BCUT2D eigenvalue weighted by atomic mass is 10.1. The van der Waals surface area contributed by atoms with Gasteiger partial charge in [0.15, 0.2) is 0 Å². The van der Waals surface area contributed by atoms with Crippen LogP contribution in [0, 0.1) is 5.82 Å². The normalized spacial score (nSPS) is 12.0. The van der Waals surface area contributed by atoms with E-state index in [1.807, 2.05) is 0 Å². The van der Waals surface area contributed by atoms with Crippen molar-refractivity contribution in [2.24, 2.45) is 0 Å². The van der Waals surface area contributed by atoms with Crippen LogP contribution < -0.4 is 25.6 Å². The number of carbonyl (C=O) groups excluding carboxylic acids is 2. The molecule has 2 rings (SSSR count). The van der Waals surface area contributed by atoms with E-state index in [4.69, 9.17) is 9.94 Å². The van der Waals surface area contributed by atoms with Crippen LogP contribution in [0.4, 0.5) is 14.9 Å². The second-order valence-corrected chi connectivity index (χ2v) is 8.07. The molecule has 3 amide bonds. The summed E-state index contributed by atoms with van der Waals surface area (Å²) in [5.74, 6) is -0.979. The van der Waals surface area contributed by atoms with Gasteiger partial charge in [-0.3, -0.25) is 10.0 Å². The van der Waals surface area contributed by atoms with E-state index in [1.165, 1.54) is 55.1 Å². The van der Waals surface area contributed by atoms with E-state index in [2.05, 4.69) is 15.4 Å². The number of ether oxygens (including phenoxy) is 1. The molecule has 1 unspecified atom stereocenters. The number of carbonyl (C=O) groups is 2. The maximum atomic E-state index is 13.1. The van der Waals surface area contributed by atoms with E-state index in [9.17, 15) is 22.4 Å². The molecular weight excluding hydrogens is 431 g/mol. The summed E-state index contributed by atoms with van der Waals surface area (Å²) in [7, 11) is -2.61. The molecule has 0 heterocycles. The van der Waals surface area contributed by atoms with Crippen molar-refractivity contribution >= 4 is 27.6 Å². The summed E-state index contributed by atoms with van der Waals surface area (Å²) < 4.78 is 45.3. The van der Waals surface area contributed by atoms with Crippen molar-refractivity contribution in [2.45, 2.75) is 23.8 Å². The molecule has 168 valence electrons. The van der Waals surface area contributed by atoms with Gasteiger partial charge in [0.1, 0.15) is 17.6 Å². The molecule has 0 aliphatic heterocycles. The minimum Gasteiger partial charge on any atom is -0.497 e. The number of hydroxylamine groups is 1. The van der Waals surface area contributed by atoms with E-state index in [0.717, 1.165) is 6.07 Å². The molecule has 0 radical (unpaired) electrons. The van der Waals surface area contributed by atoms with Crippen LogP contribution in [0.25, 0.3) is 0 Å². The summed E-state index contributed by atoms with van der Waals surface area (Å²) in [6, 6.07) is 9.01. The topological polar surface area (TPSA) is 146 Å². The van der Waals surface area contributed by atoms with Crippen LogP contribution in [0.3, 0.4) is 0 Å². The van der Waals surface area contributed by atoms with Crippen LogP contribution in [0.1, 0.15) is 12.8 Å². The van der Waals surface area contributed by atoms with Crippen molar-refractivity contribution in [1.82, 2.24) is 15.5 Å². The van der Waals surface area contributed by atoms with Crippen molar-refractivity contribution in [1.29, 1.82) is 0 Å². The predicted molar refractivity (Wildman–Crippen MR) is 110 cm³/mol. The highest BCUT2D eigenvalue weighted by Gasteiger charge is 2.25. The van der Waals surface area contributed by atoms with Gasteiger partial charge in [-0.05, 0) is 55.3 Å². The van der Waals surface area contributed by atoms with Gasteiger partial charge in [-0.25, -0.2) is 23.1 Å². The number of hydrogen-bond donors (Lipinski definition) is 5. The Morgan fingerprint density at radius 3 is 2.48 bits per heavy atom. The number of methoxy groups -OCH3 is 1. The molecule has 0 aliphatic rings. The van der Waals surface area contributed by atoms with E-state index in [1.54, 1.807) is 0 Å². The number of halogens is 1. The molecule has 0 bridgehead atoms. The Labute approximate surface area is 178 Å². The van der Waals surface area contributed by atoms with Gasteiger partial charge in [0.2, 0.25) is 10.0 Å². The molecular formula is C19H23FN4O6S. The Hall–Kier alpha value is -3.22. The number of amides is 3. The largest absolute Gasteiger partial charge is 0.497 e. The van der Waals surface area contributed by atoms with Crippen molar-refractivity contribution in [3.8, 4) is 5.75 Å². The van der Waals surface area contributed by atoms with Crippen LogP contribution in [-0.4, -0.2) is 45.3 Å². The molecule has 0 spiro atoms. The number of benzene rings is 2. The summed E-state index contributed by atoms with van der Waals surface area (Å²) in [5.41, 5.74) is 1.69. The smallest absolute Gasteiger partial charge is 0.319 e. The average molecular weight is 454 g/mol. The first kappa shape index (κ1) is 24.1. The number of nitrogens with one attached hydrogen (secondary N) is 4. The summed E-state index contributed by atoms with van der Waals surface area (Å²) in [4.78, 5) is 23.6. The number of hydrogen-bond acceptors (Lipinski definition) is 6. The van der Waals surface area contributed by atoms with Gasteiger partial charge >= 0.3 is 6.03 Å². The fraction of sp³-hybridized carbons (Fsp3) is 0.263. The van der Waals surface area contributed by atoms with Crippen molar-refractivity contribution in [2.75, 3.05) is 19.0 Å². The highest BCUT2D eigenvalue weighted by molar-refractivity contribution is 7.89. The van der Waals surface area contributed by atoms with Gasteiger partial charge in [0.25, 0.3) is 5.91 Å². The lowest BCUT2D eigenvalue weighted by Gasteiger charge is -2.17. The van der Waals surface area contributed by atoms with Crippen molar-refractivity contribution in [3.63, 3.8) is 0 Å². The van der Waals surface area contributed by atoms with Gasteiger partial charge in [-0.2, -0.15) is 4.72 Å². The Morgan fingerprint density at radius 2 is 1.87 bits per heavy atom. The number of sulfonamides is 1. The van der Waals surface area contributed by atoms with E-state index >= 15 is 0 Å². The maximum Gasteiger partial charge on any atom is 0.319 e. The quantitative estimate of drug-likeness (QED) is 0.209. The first-order valence-electron chi connectivity index (χ1n) is 9.16. The summed E-state index contributed by atoms with van der Waals surface area (Å²) in [6.45, 7) is 0.0978. The van der Waals surface area contributed by atoms with Gasteiger partial charge in [0, 0.05) is 12.2 Å². The van der Waals surface area contributed by atoms with Gasteiger partial charge in [0.05, 0.1) is 12.0 Å². The number of rotatable bonds is 10. The van der Waals surface area contributed by atoms with Crippen LogP contribution in [0.15, 0.2) is 53.4 Å². The lowest BCUT2D eigenvalue weighted by Crippen LogP contribution is -2.46. The average Bonchev–Trinajstić information content (AvgIpc) is 2.75. The van der Waals surface area contributed by atoms with Crippen LogP contribution in [-0.2, 0) is 14.8 Å². The standard InChI is InChI=1S/C19H23FN4O6S/c1-30-15-7-9-16(10-8-15)31(28,29)24-17(18(25)23-27)6-3-11-21-19(26)22-14-5-2-4-13(20)12-14/h2,4-5,7-10,12,17,24,27H,3,6,11H2,1H3,(H,23,25)(H2,21,22,26). The predicted octanol–water partition coefficient (Wildman–Crippen LogP) is 1.59. The molecule has 12 heteroatoms. The zero-order valence-corrected chi connectivity index (χ0v) is 17.4. The Balaban J connectivity index is 1.89. The van der Waals surface area contributed by atoms with E-state index in [-0.39, 0.29) is 30.0 Å². The molecule has 2 aromatic carbocycles. The third-order valence-electron chi connectivity index (χ3n) is 4.13. The molecule has 0 saturated carbocycles. The molecule has 0 aromatic heterocycles. The third-order valence-corrected chi connectivity index (χ3v) is 5.62. The highest BCUT2D eigenvalue weighted by Crippen LogP contribution is 2.16. The highest BCUT2D eigenvalue weighted by atomic mass is 32.2. The molecule has 0 fully saturated rings. The zero-order chi connectivity index (χ0) is 22.9. The van der Waals surface area contributed by atoms with Crippen LogP contribution in [0.2, 0.25) is 0 Å². The van der Waals surface area contributed by atoms with Gasteiger partial charge in [-0.1, -0.05) is 6.07 Å². The van der Waals surface area contributed by atoms with Gasteiger partial charge in [-0.15, -0.1) is 0 Å². The summed E-state index contributed by atoms with van der Waals surface area (Å²) >= 11 is 0. The maximum absolute atomic E-state index is 13.1. The molecule has 0 aliphatic carbocycles. The fourth-order valence-electron chi connectivity index (χ4n) is 2.58. The van der Waals surface area contributed by atoms with Crippen LogP contribution >= 0.6 is 0 Å². The fourth-order valence-corrected chi connectivity index (χ4v) is 3.81. The molecule has 31 heavy (non-hydrogen) atoms. The minimum atomic E-state index is -4.05. The Bertz CT molecular complexity index is 1000. The van der Waals surface area contributed by atoms with E-state index < -0.39 is 33.8 Å². The molecule has 0 saturated heterocycles. The Kier molecular flexibility index (Phi) is 8.73. The second kappa shape index (κ2) is 11.2. The Morgan fingerprint density at radius 1 is 1.16 bits per heavy atom. The summed E-state index contributed by atoms with van der Waals surface area (Å²) in [5, 5.41) is 13.9. The summed E-state index contributed by atoms with van der Waals surface area (Å²) in [6.07, 6.45) is 0.196. The third kappa shape index (κ3) is 7.51. The lowest BCUT2D eigenvalue weighted by molar-refractivity contribution is -0.131. The molecule has 1 atom stereocenters. The SMILES string of the molecule is COc1ccc(S(=O)(=O)NC(CCCNC(=O)Nc2cccc(F)c2)C(=O)NO)cc1. The minimum absolute atomic E-state index is 0.0119. The number of anilines is 1. The van der Waals surface area contributed by atoms with Crippen LogP contribution in [0.5, 0.6) is 5.75 Å². The van der Waals surface area contributed by atoms with E-state index in [0.29, 0.717) is 5.75 Å². The van der Waals surface area contributed by atoms with Crippen molar-refractivity contribution in [3.05, 3.63) is 54.3 Å². The molecule has 10 nitrogen and oxygen atoms in total.